The molecule has 0 saturated carbocycles. The van der Waals surface area contributed by atoms with Crippen molar-refractivity contribution in [2.75, 3.05) is 19.8 Å². The molecule has 0 fully saturated rings. The molecule has 2 aromatic rings. The molecule has 0 atom stereocenters. The lowest BCUT2D eigenvalue weighted by atomic mass is 10.2. The van der Waals surface area contributed by atoms with Gasteiger partial charge in [-0.15, -0.1) is 0 Å². The predicted molar refractivity (Wildman–Crippen MR) is 101 cm³/mol. The van der Waals surface area contributed by atoms with E-state index in [0.29, 0.717) is 39.5 Å². The SMILES string of the molecule is N#CCCCCOC(COCc1ccccc1)COCc1ccccc1. The molecule has 0 aliphatic rings. The number of hydrogen-bond acceptors (Lipinski definition) is 4. The van der Waals surface area contributed by atoms with E-state index in [2.05, 4.69) is 6.07 Å². The predicted octanol–water partition coefficient (Wildman–Crippen LogP) is 4.50. The molecule has 0 radical (unpaired) electrons. The van der Waals surface area contributed by atoms with Gasteiger partial charge in [0, 0.05) is 13.0 Å². The molecule has 0 unspecified atom stereocenters. The second-order valence-electron chi connectivity index (χ2n) is 6.11. The van der Waals surface area contributed by atoms with Crippen molar-refractivity contribution >= 4 is 0 Å². The van der Waals surface area contributed by atoms with Gasteiger partial charge in [0.15, 0.2) is 0 Å². The summed E-state index contributed by atoms with van der Waals surface area (Å²) in [5, 5.41) is 8.59. The van der Waals surface area contributed by atoms with Crippen molar-refractivity contribution in [2.24, 2.45) is 0 Å². The van der Waals surface area contributed by atoms with Crippen molar-refractivity contribution in [1.82, 2.24) is 0 Å². The Morgan fingerprint density at radius 3 is 1.81 bits per heavy atom. The molecule has 0 spiro atoms. The van der Waals surface area contributed by atoms with Gasteiger partial charge in [0.1, 0.15) is 6.10 Å². The van der Waals surface area contributed by atoms with E-state index in [1.807, 2.05) is 60.7 Å². The Kier molecular flexibility index (Phi) is 10.1. The minimum absolute atomic E-state index is 0.107. The first-order chi connectivity index (χ1) is 12.9. The lowest BCUT2D eigenvalue weighted by Gasteiger charge is -2.18. The number of nitriles is 1. The topological polar surface area (TPSA) is 51.5 Å². The van der Waals surface area contributed by atoms with E-state index >= 15 is 0 Å². The highest BCUT2D eigenvalue weighted by atomic mass is 16.6. The van der Waals surface area contributed by atoms with E-state index in [4.69, 9.17) is 19.5 Å². The maximum atomic E-state index is 8.59. The van der Waals surface area contributed by atoms with Crippen LogP contribution in [0.3, 0.4) is 0 Å². The van der Waals surface area contributed by atoms with Gasteiger partial charge in [0.2, 0.25) is 0 Å². The summed E-state index contributed by atoms with van der Waals surface area (Å²) in [5.74, 6) is 0. The molecule has 138 valence electrons. The highest BCUT2D eigenvalue weighted by molar-refractivity contribution is 5.14. The van der Waals surface area contributed by atoms with Gasteiger partial charge < -0.3 is 14.2 Å². The summed E-state index contributed by atoms with van der Waals surface area (Å²) in [5.41, 5.74) is 2.29. The van der Waals surface area contributed by atoms with Crippen molar-refractivity contribution in [2.45, 2.75) is 38.6 Å². The monoisotopic (exact) mass is 353 g/mol. The Bertz CT molecular complexity index is 579. The van der Waals surface area contributed by atoms with Crippen LogP contribution in [0.15, 0.2) is 60.7 Å². The summed E-state index contributed by atoms with van der Waals surface area (Å²) in [6.45, 7) is 2.72. The van der Waals surface area contributed by atoms with E-state index in [9.17, 15) is 0 Å². The lowest BCUT2D eigenvalue weighted by Crippen LogP contribution is -2.26. The number of rotatable bonds is 13. The Labute approximate surface area is 156 Å². The zero-order valence-corrected chi connectivity index (χ0v) is 15.2. The first-order valence-corrected chi connectivity index (χ1v) is 9.10. The van der Waals surface area contributed by atoms with Gasteiger partial charge >= 0.3 is 0 Å². The van der Waals surface area contributed by atoms with Crippen LogP contribution in [0.2, 0.25) is 0 Å². The van der Waals surface area contributed by atoms with Gasteiger partial charge in [0.25, 0.3) is 0 Å². The van der Waals surface area contributed by atoms with E-state index in [1.54, 1.807) is 0 Å². The molecule has 0 bridgehead atoms. The fraction of sp³-hybridized carbons (Fsp3) is 0.409. The van der Waals surface area contributed by atoms with Gasteiger partial charge in [-0.2, -0.15) is 5.26 Å². The summed E-state index contributed by atoms with van der Waals surface area (Å²) in [4.78, 5) is 0. The molecule has 0 aromatic heterocycles. The summed E-state index contributed by atoms with van der Waals surface area (Å²) in [7, 11) is 0. The third kappa shape index (κ3) is 8.77. The van der Waals surface area contributed by atoms with Crippen LogP contribution in [-0.2, 0) is 27.4 Å². The largest absolute Gasteiger partial charge is 0.374 e. The first-order valence-electron chi connectivity index (χ1n) is 9.10. The van der Waals surface area contributed by atoms with Gasteiger partial charge in [-0.05, 0) is 24.0 Å². The van der Waals surface area contributed by atoms with Gasteiger partial charge in [-0.1, -0.05) is 60.7 Å². The summed E-state index contributed by atoms with van der Waals surface area (Å²) >= 11 is 0. The molecule has 4 nitrogen and oxygen atoms in total. The van der Waals surface area contributed by atoms with Crippen LogP contribution in [0.1, 0.15) is 30.4 Å². The summed E-state index contributed by atoms with van der Waals surface area (Å²) in [6.07, 6.45) is 2.20. The summed E-state index contributed by atoms with van der Waals surface area (Å²) < 4.78 is 17.5. The molecular formula is C22H27NO3. The van der Waals surface area contributed by atoms with Gasteiger partial charge in [0.05, 0.1) is 32.5 Å². The summed E-state index contributed by atoms with van der Waals surface area (Å²) in [6, 6.07) is 22.3. The first kappa shape index (κ1) is 20.1. The van der Waals surface area contributed by atoms with Crippen LogP contribution in [0.5, 0.6) is 0 Å². The molecule has 0 saturated heterocycles. The fourth-order valence-electron chi connectivity index (χ4n) is 2.47. The molecule has 0 aliphatic carbocycles. The minimum atomic E-state index is -0.107. The number of hydrogen-bond donors (Lipinski definition) is 0. The zero-order chi connectivity index (χ0) is 18.3. The maximum absolute atomic E-state index is 8.59. The molecule has 0 aliphatic heterocycles. The molecule has 2 rings (SSSR count). The van der Waals surface area contributed by atoms with Crippen molar-refractivity contribution < 1.29 is 14.2 Å². The van der Waals surface area contributed by atoms with E-state index < -0.39 is 0 Å². The average molecular weight is 353 g/mol. The molecule has 0 N–H and O–H groups in total. The number of unbranched alkanes of at least 4 members (excludes halogenated alkanes) is 2. The standard InChI is InChI=1S/C22H27NO3/c23-14-8-3-9-15-26-22(18-24-16-20-10-4-1-5-11-20)19-25-17-21-12-6-2-7-13-21/h1-2,4-7,10-13,22H,3,8-9,15-19H2. The van der Waals surface area contributed by atoms with Crippen molar-refractivity contribution in [3.05, 3.63) is 71.8 Å². The fourth-order valence-corrected chi connectivity index (χ4v) is 2.47. The Hall–Kier alpha value is -2.19. The molecule has 4 heteroatoms. The molecule has 0 heterocycles. The lowest BCUT2D eigenvalue weighted by molar-refractivity contribution is -0.0672. The van der Waals surface area contributed by atoms with Crippen molar-refractivity contribution in [3.8, 4) is 6.07 Å². The quantitative estimate of drug-likeness (QED) is 0.498. The highest BCUT2D eigenvalue weighted by Crippen LogP contribution is 2.06. The van der Waals surface area contributed by atoms with Gasteiger partial charge in [-0.3, -0.25) is 0 Å². The van der Waals surface area contributed by atoms with Crippen LogP contribution < -0.4 is 0 Å². The number of ether oxygens (including phenoxy) is 3. The molecule has 0 amide bonds. The van der Waals surface area contributed by atoms with E-state index in [-0.39, 0.29) is 6.10 Å². The highest BCUT2D eigenvalue weighted by Gasteiger charge is 2.10. The van der Waals surface area contributed by atoms with Gasteiger partial charge in [-0.25, -0.2) is 0 Å². The third-order valence-corrected chi connectivity index (χ3v) is 3.87. The number of nitrogens with zero attached hydrogens (tertiary/aromatic N) is 1. The maximum Gasteiger partial charge on any atom is 0.104 e. The Morgan fingerprint density at radius 2 is 1.31 bits per heavy atom. The molecular weight excluding hydrogens is 326 g/mol. The second-order valence-corrected chi connectivity index (χ2v) is 6.11. The van der Waals surface area contributed by atoms with E-state index in [1.165, 1.54) is 0 Å². The van der Waals surface area contributed by atoms with E-state index in [0.717, 1.165) is 24.0 Å². The Morgan fingerprint density at radius 1 is 0.769 bits per heavy atom. The normalized spacial score (nSPS) is 10.8. The van der Waals surface area contributed by atoms with Crippen molar-refractivity contribution in [1.29, 1.82) is 5.26 Å². The average Bonchev–Trinajstić information content (AvgIpc) is 2.69. The van der Waals surface area contributed by atoms with Crippen LogP contribution in [0, 0.1) is 11.3 Å². The Balaban J connectivity index is 1.71. The number of benzene rings is 2. The molecule has 2 aromatic carbocycles. The van der Waals surface area contributed by atoms with Crippen LogP contribution in [0.25, 0.3) is 0 Å². The zero-order valence-electron chi connectivity index (χ0n) is 15.2. The van der Waals surface area contributed by atoms with Crippen LogP contribution in [0.4, 0.5) is 0 Å². The second kappa shape index (κ2) is 13.1. The van der Waals surface area contributed by atoms with Crippen molar-refractivity contribution in [3.63, 3.8) is 0 Å². The third-order valence-electron chi connectivity index (χ3n) is 3.87. The smallest absolute Gasteiger partial charge is 0.104 e. The minimum Gasteiger partial charge on any atom is -0.374 e. The van der Waals surface area contributed by atoms with Crippen LogP contribution in [-0.4, -0.2) is 25.9 Å². The van der Waals surface area contributed by atoms with Crippen LogP contribution >= 0.6 is 0 Å². The molecule has 26 heavy (non-hydrogen) atoms.